The molecule has 1 N–H and O–H groups in total. The number of hydrogen-bond acceptors (Lipinski definition) is 1. The van der Waals surface area contributed by atoms with E-state index in [0.29, 0.717) is 0 Å². The van der Waals surface area contributed by atoms with Crippen molar-refractivity contribution in [3.05, 3.63) is 11.1 Å². The Hall–Kier alpha value is -0.300. The van der Waals surface area contributed by atoms with Crippen LogP contribution in [0.4, 0.5) is 0 Å². The molecule has 0 bridgehead atoms. The van der Waals surface area contributed by atoms with Crippen LogP contribution in [-0.4, -0.2) is 12.1 Å². The maximum Gasteiger partial charge on any atom is 0.0318 e. The lowest BCUT2D eigenvalue weighted by Crippen LogP contribution is -2.38. The molecule has 1 saturated heterocycles. The van der Waals surface area contributed by atoms with Crippen LogP contribution in [0.1, 0.15) is 111 Å². The normalized spacial score (nSPS) is 40.2. The third kappa shape index (κ3) is 4.40. The third-order valence-electron chi connectivity index (χ3n) is 9.05. The zero-order valence-corrected chi connectivity index (χ0v) is 19.3. The van der Waals surface area contributed by atoms with E-state index in [2.05, 4.69) is 33.0 Å². The molecule has 4 rings (SSSR count). The first-order valence-corrected chi connectivity index (χ1v) is 13.0. The molecule has 1 aliphatic heterocycles. The van der Waals surface area contributed by atoms with Crippen molar-refractivity contribution in [1.82, 2.24) is 5.32 Å². The summed E-state index contributed by atoms with van der Waals surface area (Å²) in [6, 6.07) is 1.55. The van der Waals surface area contributed by atoms with Gasteiger partial charge in [-0.15, -0.1) is 0 Å². The van der Waals surface area contributed by atoms with Crippen molar-refractivity contribution < 1.29 is 0 Å². The molecule has 160 valence electrons. The van der Waals surface area contributed by atoms with E-state index in [-0.39, 0.29) is 0 Å². The summed E-state index contributed by atoms with van der Waals surface area (Å²) in [5.41, 5.74) is 3.80. The second-order valence-corrected chi connectivity index (χ2v) is 11.6. The fourth-order valence-electron chi connectivity index (χ4n) is 7.67. The van der Waals surface area contributed by atoms with E-state index in [4.69, 9.17) is 0 Å². The minimum atomic E-state index is 0.731. The van der Waals surface area contributed by atoms with Gasteiger partial charge in [0.1, 0.15) is 0 Å². The lowest BCUT2D eigenvalue weighted by molar-refractivity contribution is 0.150. The van der Waals surface area contributed by atoms with Crippen molar-refractivity contribution >= 4 is 0 Å². The second kappa shape index (κ2) is 9.23. The number of hydrogen-bond donors (Lipinski definition) is 1. The first-order valence-electron chi connectivity index (χ1n) is 13.0. The number of rotatable bonds is 5. The van der Waals surface area contributed by atoms with Crippen LogP contribution in [0.15, 0.2) is 11.1 Å². The fourth-order valence-corrected chi connectivity index (χ4v) is 7.67. The van der Waals surface area contributed by atoms with Gasteiger partial charge in [-0.1, -0.05) is 83.8 Å². The molecule has 4 aliphatic rings. The molecule has 0 aromatic heterocycles. The van der Waals surface area contributed by atoms with E-state index in [9.17, 15) is 0 Å². The highest BCUT2D eigenvalue weighted by Crippen LogP contribution is 2.50. The highest BCUT2D eigenvalue weighted by Gasteiger charge is 2.49. The van der Waals surface area contributed by atoms with Crippen LogP contribution in [0.5, 0.6) is 0 Å². The molecule has 6 atom stereocenters. The van der Waals surface area contributed by atoms with Gasteiger partial charge in [-0.2, -0.15) is 0 Å². The topological polar surface area (TPSA) is 12.0 Å². The summed E-state index contributed by atoms with van der Waals surface area (Å²) in [4.78, 5) is 0. The summed E-state index contributed by atoms with van der Waals surface area (Å²) in [6.45, 7) is 9.78. The van der Waals surface area contributed by atoms with Gasteiger partial charge in [-0.05, 0) is 74.0 Å². The molecule has 0 spiro atoms. The van der Waals surface area contributed by atoms with Gasteiger partial charge in [0.25, 0.3) is 0 Å². The van der Waals surface area contributed by atoms with Crippen molar-refractivity contribution in [3.63, 3.8) is 0 Å². The lowest BCUT2D eigenvalue weighted by atomic mass is 9.65. The van der Waals surface area contributed by atoms with Crippen molar-refractivity contribution in [3.8, 4) is 0 Å². The van der Waals surface area contributed by atoms with Crippen LogP contribution in [-0.2, 0) is 0 Å². The first kappa shape index (κ1) is 21.0. The molecule has 2 saturated carbocycles. The Morgan fingerprint density at radius 2 is 1.79 bits per heavy atom. The lowest BCUT2D eigenvalue weighted by Gasteiger charge is -2.40. The fraction of sp³-hybridized carbons (Fsp3) is 0.926. The van der Waals surface area contributed by atoms with Gasteiger partial charge >= 0.3 is 0 Å². The van der Waals surface area contributed by atoms with Gasteiger partial charge in [0.2, 0.25) is 0 Å². The van der Waals surface area contributed by atoms with Gasteiger partial charge in [0.05, 0.1) is 0 Å². The van der Waals surface area contributed by atoms with Crippen LogP contribution in [0.2, 0.25) is 0 Å². The zero-order chi connectivity index (χ0) is 19.7. The Morgan fingerprint density at radius 1 is 1.00 bits per heavy atom. The highest BCUT2D eigenvalue weighted by atomic mass is 15.0. The minimum Gasteiger partial charge on any atom is -0.307 e. The monoisotopic (exact) mass is 385 g/mol. The standard InChI is InChI=1S/C27H47N/c1-5-20-12-14-23(22(17-20)15-18(2)3)27-26(21-9-7-6-8-10-21)24-13-11-19(4)16-25(24)28-27/h18-21,24-28H,5-17H2,1-4H3. The van der Waals surface area contributed by atoms with E-state index < -0.39 is 0 Å². The number of nitrogens with one attached hydrogen (secondary N) is 1. The quantitative estimate of drug-likeness (QED) is 0.483. The van der Waals surface area contributed by atoms with E-state index in [1.807, 2.05) is 11.1 Å². The maximum absolute atomic E-state index is 4.32. The van der Waals surface area contributed by atoms with Crippen LogP contribution in [0.25, 0.3) is 0 Å². The van der Waals surface area contributed by atoms with E-state index in [1.165, 1.54) is 83.5 Å². The van der Waals surface area contributed by atoms with Crippen LogP contribution < -0.4 is 5.32 Å². The second-order valence-electron chi connectivity index (χ2n) is 11.6. The molecule has 0 amide bonds. The van der Waals surface area contributed by atoms with Crippen LogP contribution in [0, 0.1) is 35.5 Å². The van der Waals surface area contributed by atoms with Crippen molar-refractivity contribution in [1.29, 1.82) is 0 Å². The Kier molecular flexibility index (Phi) is 6.91. The molecular formula is C27H47N. The predicted molar refractivity (Wildman–Crippen MR) is 121 cm³/mol. The molecular weight excluding hydrogens is 338 g/mol. The summed E-state index contributed by atoms with van der Waals surface area (Å²) < 4.78 is 0. The van der Waals surface area contributed by atoms with Crippen LogP contribution in [0.3, 0.4) is 0 Å². The molecule has 1 heterocycles. The number of allylic oxidation sites excluding steroid dienone is 1. The Balaban J connectivity index is 1.64. The van der Waals surface area contributed by atoms with Gasteiger partial charge in [0.15, 0.2) is 0 Å². The minimum absolute atomic E-state index is 0.731. The third-order valence-corrected chi connectivity index (χ3v) is 9.05. The van der Waals surface area contributed by atoms with E-state index in [1.54, 1.807) is 0 Å². The molecule has 6 unspecified atom stereocenters. The summed E-state index contributed by atoms with van der Waals surface area (Å²) in [7, 11) is 0. The number of fused-ring (bicyclic) bond motifs is 1. The molecule has 3 aliphatic carbocycles. The molecule has 1 nitrogen and oxygen atoms in total. The van der Waals surface area contributed by atoms with Crippen molar-refractivity contribution in [2.24, 2.45) is 35.5 Å². The zero-order valence-electron chi connectivity index (χ0n) is 19.3. The average Bonchev–Trinajstić information content (AvgIpc) is 3.06. The van der Waals surface area contributed by atoms with Gasteiger partial charge in [0, 0.05) is 12.1 Å². The Labute approximate surface area is 175 Å². The highest BCUT2D eigenvalue weighted by molar-refractivity contribution is 5.28. The Bertz CT molecular complexity index is 540. The predicted octanol–water partition coefficient (Wildman–Crippen LogP) is 7.51. The van der Waals surface area contributed by atoms with Crippen molar-refractivity contribution in [2.75, 3.05) is 0 Å². The van der Waals surface area contributed by atoms with E-state index >= 15 is 0 Å². The SMILES string of the molecule is CCC1CCC(C2NC3CC(C)CCC3C2C2CCCCC2)=C(CC(C)C)C1. The molecule has 28 heavy (non-hydrogen) atoms. The summed E-state index contributed by atoms with van der Waals surface area (Å²) in [5, 5.41) is 4.32. The smallest absolute Gasteiger partial charge is 0.0318 e. The Morgan fingerprint density at radius 3 is 2.50 bits per heavy atom. The van der Waals surface area contributed by atoms with Crippen LogP contribution >= 0.6 is 0 Å². The summed E-state index contributed by atoms with van der Waals surface area (Å²) in [5.74, 6) is 5.62. The molecule has 3 fully saturated rings. The van der Waals surface area contributed by atoms with Gasteiger partial charge in [-0.25, -0.2) is 0 Å². The average molecular weight is 386 g/mol. The maximum atomic E-state index is 4.32. The molecule has 1 heteroatoms. The molecule has 0 aromatic rings. The van der Waals surface area contributed by atoms with Gasteiger partial charge < -0.3 is 5.32 Å². The molecule has 0 radical (unpaired) electrons. The largest absolute Gasteiger partial charge is 0.307 e. The van der Waals surface area contributed by atoms with Gasteiger partial charge in [-0.3, -0.25) is 0 Å². The summed E-state index contributed by atoms with van der Waals surface area (Å²) in [6.07, 6.45) is 18.9. The first-order chi connectivity index (χ1) is 13.6. The van der Waals surface area contributed by atoms with E-state index in [0.717, 1.165) is 47.6 Å². The molecule has 0 aromatic carbocycles. The van der Waals surface area contributed by atoms with Crippen molar-refractivity contribution in [2.45, 2.75) is 123 Å². The summed E-state index contributed by atoms with van der Waals surface area (Å²) >= 11 is 0.